The van der Waals surface area contributed by atoms with Gasteiger partial charge in [0.15, 0.2) is 10.9 Å². The molecule has 1 rings (SSSR count). The van der Waals surface area contributed by atoms with Crippen molar-refractivity contribution in [2.75, 3.05) is 0 Å². The first-order valence-corrected chi connectivity index (χ1v) is 4.19. The Morgan fingerprint density at radius 2 is 2.15 bits per heavy atom. The van der Waals surface area contributed by atoms with Crippen LogP contribution in [-0.4, -0.2) is 10.1 Å². The summed E-state index contributed by atoms with van der Waals surface area (Å²) in [4.78, 5) is 3.49. The minimum atomic E-state index is -2.81. The highest BCUT2D eigenvalue weighted by molar-refractivity contribution is 6.31. The van der Waals surface area contributed by atoms with E-state index in [1.165, 1.54) is 0 Å². The molecule has 0 unspecified atom stereocenters. The maximum atomic E-state index is 12.4. The van der Waals surface area contributed by atoms with Gasteiger partial charge in [0.2, 0.25) is 0 Å². The number of nitrogens with zero attached hydrogens (tertiary/aromatic N) is 1. The number of alkyl halides is 3. The Labute approximate surface area is 83.1 Å². The van der Waals surface area contributed by atoms with Crippen LogP contribution in [0, 0.1) is 0 Å². The molecule has 0 amide bonds. The van der Waals surface area contributed by atoms with Gasteiger partial charge in [0.25, 0.3) is 6.43 Å². The second-order valence-corrected chi connectivity index (χ2v) is 2.90. The number of aromatic hydroxyl groups is 1. The SMILES string of the molecule is Oc1c(Cl)ncc(CCl)c1C(F)F. The molecular weight excluding hydrogens is 223 g/mol. The zero-order chi connectivity index (χ0) is 10.0. The summed E-state index contributed by atoms with van der Waals surface area (Å²) in [7, 11) is 0. The number of rotatable bonds is 2. The topological polar surface area (TPSA) is 33.1 Å². The number of hydrogen-bond acceptors (Lipinski definition) is 2. The predicted molar refractivity (Wildman–Crippen MR) is 45.4 cm³/mol. The standard InChI is InChI=1S/C7H5Cl2F2NO/c8-1-3-2-12-6(9)5(13)4(3)7(10)11/h2,7,13H,1H2. The van der Waals surface area contributed by atoms with Gasteiger partial charge in [-0.2, -0.15) is 0 Å². The molecule has 0 aromatic carbocycles. The van der Waals surface area contributed by atoms with Gasteiger partial charge in [-0.3, -0.25) is 0 Å². The van der Waals surface area contributed by atoms with Crippen molar-refractivity contribution in [3.05, 3.63) is 22.5 Å². The third-order valence-electron chi connectivity index (χ3n) is 1.49. The van der Waals surface area contributed by atoms with Crippen molar-refractivity contribution in [2.45, 2.75) is 12.3 Å². The molecule has 1 N–H and O–H groups in total. The van der Waals surface area contributed by atoms with E-state index in [0.29, 0.717) is 0 Å². The molecular formula is C7H5Cl2F2NO. The third-order valence-corrected chi connectivity index (χ3v) is 2.06. The summed E-state index contributed by atoms with van der Waals surface area (Å²) < 4.78 is 24.7. The van der Waals surface area contributed by atoms with Gasteiger partial charge in [0.1, 0.15) is 0 Å². The summed E-state index contributed by atoms with van der Waals surface area (Å²) in [5.74, 6) is -0.841. The second kappa shape index (κ2) is 4.07. The lowest BCUT2D eigenvalue weighted by Gasteiger charge is -2.08. The molecule has 0 fully saturated rings. The maximum Gasteiger partial charge on any atom is 0.267 e. The molecule has 2 nitrogen and oxygen atoms in total. The molecule has 1 aromatic heterocycles. The highest BCUT2D eigenvalue weighted by atomic mass is 35.5. The summed E-state index contributed by atoms with van der Waals surface area (Å²) in [5.41, 5.74) is -0.464. The molecule has 0 aliphatic heterocycles. The van der Waals surface area contributed by atoms with E-state index in [1.54, 1.807) is 0 Å². The molecule has 13 heavy (non-hydrogen) atoms. The van der Waals surface area contributed by atoms with E-state index in [0.717, 1.165) is 6.20 Å². The molecule has 72 valence electrons. The van der Waals surface area contributed by atoms with E-state index in [2.05, 4.69) is 4.98 Å². The van der Waals surface area contributed by atoms with Gasteiger partial charge in [-0.1, -0.05) is 11.6 Å². The smallest absolute Gasteiger partial charge is 0.267 e. The molecule has 0 radical (unpaired) electrons. The lowest BCUT2D eigenvalue weighted by Crippen LogP contribution is -1.95. The molecule has 1 aromatic rings. The fourth-order valence-electron chi connectivity index (χ4n) is 0.878. The summed E-state index contributed by atoms with van der Waals surface area (Å²) >= 11 is 10.7. The second-order valence-electron chi connectivity index (χ2n) is 2.27. The highest BCUT2D eigenvalue weighted by Gasteiger charge is 2.20. The summed E-state index contributed by atoms with van der Waals surface area (Å²) in [6.07, 6.45) is -1.69. The van der Waals surface area contributed by atoms with Crippen molar-refractivity contribution in [1.82, 2.24) is 4.98 Å². The van der Waals surface area contributed by atoms with E-state index < -0.39 is 17.7 Å². The summed E-state index contributed by atoms with van der Waals surface area (Å²) in [6, 6.07) is 0. The lowest BCUT2D eigenvalue weighted by atomic mass is 10.1. The van der Waals surface area contributed by atoms with Gasteiger partial charge >= 0.3 is 0 Å². The molecule has 0 saturated heterocycles. The van der Waals surface area contributed by atoms with E-state index in [4.69, 9.17) is 28.3 Å². The Morgan fingerprint density at radius 1 is 1.54 bits per heavy atom. The maximum absolute atomic E-state index is 12.4. The molecule has 0 bridgehead atoms. The van der Waals surface area contributed by atoms with Crippen molar-refractivity contribution in [1.29, 1.82) is 0 Å². The number of halogens is 4. The minimum Gasteiger partial charge on any atom is -0.504 e. The van der Waals surface area contributed by atoms with Gasteiger partial charge in [-0.15, -0.1) is 11.6 Å². The predicted octanol–water partition coefficient (Wildman–Crippen LogP) is 3.12. The fourth-order valence-corrected chi connectivity index (χ4v) is 1.24. The first-order chi connectivity index (χ1) is 6.07. The molecule has 0 atom stereocenters. The van der Waals surface area contributed by atoms with Crippen LogP contribution in [0.5, 0.6) is 5.75 Å². The number of pyridine rings is 1. The van der Waals surface area contributed by atoms with Gasteiger partial charge in [0.05, 0.1) is 5.56 Å². The first kappa shape index (κ1) is 10.5. The van der Waals surface area contributed by atoms with Crippen LogP contribution >= 0.6 is 23.2 Å². The Balaban J connectivity index is 3.32. The molecule has 0 aliphatic rings. The number of aromatic nitrogens is 1. The van der Waals surface area contributed by atoms with Crippen molar-refractivity contribution >= 4 is 23.2 Å². The van der Waals surface area contributed by atoms with Crippen LogP contribution in [0.4, 0.5) is 8.78 Å². The molecule has 1 heterocycles. The zero-order valence-corrected chi connectivity index (χ0v) is 7.78. The third kappa shape index (κ3) is 2.00. The van der Waals surface area contributed by atoms with Crippen LogP contribution < -0.4 is 0 Å². The van der Waals surface area contributed by atoms with Crippen molar-refractivity contribution in [3.8, 4) is 5.75 Å². The van der Waals surface area contributed by atoms with Crippen LogP contribution in [0.3, 0.4) is 0 Å². The van der Waals surface area contributed by atoms with Crippen LogP contribution in [0.1, 0.15) is 17.6 Å². The molecule has 0 saturated carbocycles. The van der Waals surface area contributed by atoms with Crippen LogP contribution in [0.15, 0.2) is 6.20 Å². The quantitative estimate of drug-likeness (QED) is 0.623. The average Bonchev–Trinajstić information content (AvgIpc) is 2.08. The Hall–Kier alpha value is -0.610. The lowest BCUT2D eigenvalue weighted by molar-refractivity contribution is 0.146. The summed E-state index contributed by atoms with van der Waals surface area (Å²) in [6.45, 7) is 0. The van der Waals surface area contributed by atoms with Crippen molar-refractivity contribution in [3.63, 3.8) is 0 Å². The molecule has 0 spiro atoms. The molecule has 0 aliphatic carbocycles. The van der Waals surface area contributed by atoms with Crippen LogP contribution in [0.25, 0.3) is 0 Å². The van der Waals surface area contributed by atoms with E-state index in [-0.39, 0.29) is 16.6 Å². The fraction of sp³-hybridized carbons (Fsp3) is 0.286. The monoisotopic (exact) mass is 227 g/mol. The van der Waals surface area contributed by atoms with Gasteiger partial charge in [-0.05, 0) is 5.56 Å². The summed E-state index contributed by atoms with van der Waals surface area (Å²) in [5, 5.41) is 8.80. The van der Waals surface area contributed by atoms with E-state index in [1.807, 2.05) is 0 Å². The Bertz CT molecular complexity index is 320. The normalized spacial score (nSPS) is 10.8. The number of hydrogen-bond donors (Lipinski definition) is 1. The Morgan fingerprint density at radius 3 is 2.62 bits per heavy atom. The Kier molecular flexibility index (Phi) is 3.27. The van der Waals surface area contributed by atoms with Gasteiger partial charge in [-0.25, -0.2) is 13.8 Å². The highest BCUT2D eigenvalue weighted by Crippen LogP contribution is 2.35. The van der Waals surface area contributed by atoms with Crippen molar-refractivity contribution in [2.24, 2.45) is 0 Å². The average molecular weight is 228 g/mol. The van der Waals surface area contributed by atoms with Crippen LogP contribution in [0.2, 0.25) is 5.15 Å². The van der Waals surface area contributed by atoms with Crippen LogP contribution in [-0.2, 0) is 5.88 Å². The van der Waals surface area contributed by atoms with E-state index in [9.17, 15) is 8.78 Å². The zero-order valence-electron chi connectivity index (χ0n) is 6.27. The first-order valence-electron chi connectivity index (χ1n) is 3.28. The molecule has 6 heteroatoms. The van der Waals surface area contributed by atoms with E-state index >= 15 is 0 Å². The van der Waals surface area contributed by atoms with Gasteiger partial charge in [0, 0.05) is 12.1 Å². The van der Waals surface area contributed by atoms with Crippen molar-refractivity contribution < 1.29 is 13.9 Å². The van der Waals surface area contributed by atoms with Gasteiger partial charge < -0.3 is 5.11 Å². The largest absolute Gasteiger partial charge is 0.504 e. The minimum absolute atomic E-state index is 0.0820.